The van der Waals surface area contributed by atoms with Crippen LogP contribution in [0.1, 0.15) is 30.2 Å². The Morgan fingerprint density at radius 3 is 2.83 bits per heavy atom. The zero-order valence-electron chi connectivity index (χ0n) is 10.6. The summed E-state index contributed by atoms with van der Waals surface area (Å²) in [5.74, 6) is 1.59. The lowest BCUT2D eigenvalue weighted by atomic mass is 10.1. The molecule has 0 bridgehead atoms. The molecule has 1 heterocycles. The van der Waals surface area contributed by atoms with Gasteiger partial charge in [-0.15, -0.1) is 0 Å². The third kappa shape index (κ3) is 3.07. The molecule has 2 N–H and O–H groups in total. The topological polar surface area (TPSA) is 71.2 Å². The van der Waals surface area contributed by atoms with Gasteiger partial charge in [0.2, 0.25) is 5.89 Å². The van der Waals surface area contributed by atoms with Gasteiger partial charge in [-0.05, 0) is 19.9 Å². The molecule has 2 rings (SSSR count). The summed E-state index contributed by atoms with van der Waals surface area (Å²) in [5, 5.41) is 16.8. The largest absolute Gasteiger partial charge is 0.508 e. The quantitative estimate of drug-likeness (QED) is 0.845. The molecule has 1 aromatic heterocycles. The minimum Gasteiger partial charge on any atom is -0.508 e. The van der Waals surface area contributed by atoms with Gasteiger partial charge in [0.15, 0.2) is 5.82 Å². The summed E-state index contributed by atoms with van der Waals surface area (Å²) in [7, 11) is 0. The van der Waals surface area contributed by atoms with E-state index in [0.717, 1.165) is 12.1 Å². The minimum atomic E-state index is 0.0789. The maximum Gasteiger partial charge on any atom is 0.227 e. The summed E-state index contributed by atoms with van der Waals surface area (Å²) in [4.78, 5) is 4.13. The van der Waals surface area contributed by atoms with Crippen molar-refractivity contribution >= 4 is 0 Å². The Bertz CT molecular complexity index is 510. The van der Waals surface area contributed by atoms with Crippen LogP contribution in [0, 0.1) is 6.92 Å². The van der Waals surface area contributed by atoms with E-state index in [9.17, 15) is 5.11 Å². The van der Waals surface area contributed by atoms with E-state index >= 15 is 0 Å². The lowest BCUT2D eigenvalue weighted by molar-refractivity contribution is 0.369. The zero-order valence-corrected chi connectivity index (χ0v) is 10.6. The number of rotatable bonds is 5. The van der Waals surface area contributed by atoms with Crippen molar-refractivity contribution in [1.82, 2.24) is 15.5 Å². The van der Waals surface area contributed by atoms with E-state index < -0.39 is 0 Å². The fraction of sp³-hybridized carbons (Fsp3) is 0.385. The number of para-hydroxylation sites is 1. The average Bonchev–Trinajstić information content (AvgIpc) is 2.75. The highest BCUT2D eigenvalue weighted by Gasteiger charge is 2.09. The number of phenols is 1. The summed E-state index contributed by atoms with van der Waals surface area (Å²) in [5.41, 5.74) is 0.888. The summed E-state index contributed by atoms with van der Waals surface area (Å²) in [6, 6.07) is 7.40. The van der Waals surface area contributed by atoms with E-state index in [0.29, 0.717) is 23.9 Å². The van der Waals surface area contributed by atoms with Gasteiger partial charge in [0.25, 0.3) is 0 Å². The second kappa shape index (κ2) is 5.64. The molecule has 0 saturated carbocycles. The van der Waals surface area contributed by atoms with Crippen LogP contribution < -0.4 is 5.32 Å². The Balaban J connectivity index is 1.85. The fourth-order valence-corrected chi connectivity index (χ4v) is 1.80. The Morgan fingerprint density at radius 1 is 1.39 bits per heavy atom. The predicted octanol–water partition coefficient (Wildman–Crippen LogP) is 1.98. The number of aromatic nitrogens is 2. The number of nitrogens with one attached hydrogen (secondary N) is 1. The third-order valence-electron chi connectivity index (χ3n) is 2.76. The van der Waals surface area contributed by atoms with Crippen molar-refractivity contribution in [1.29, 1.82) is 0 Å². The standard InChI is InChI=1S/C13H17N3O2/c1-9(11-5-3-4-6-12(11)17)14-8-7-13-15-10(2)16-18-13/h3-6,9,14,17H,7-8H2,1-2H3. The lowest BCUT2D eigenvalue weighted by Gasteiger charge is -2.14. The van der Waals surface area contributed by atoms with Crippen LogP contribution in [0.3, 0.4) is 0 Å². The van der Waals surface area contributed by atoms with Gasteiger partial charge in [0.1, 0.15) is 5.75 Å². The molecule has 96 valence electrons. The van der Waals surface area contributed by atoms with Gasteiger partial charge in [0.05, 0.1) is 0 Å². The highest BCUT2D eigenvalue weighted by atomic mass is 16.5. The molecule has 5 heteroatoms. The molecule has 1 atom stereocenters. The first kappa shape index (κ1) is 12.6. The highest BCUT2D eigenvalue weighted by Crippen LogP contribution is 2.22. The van der Waals surface area contributed by atoms with Gasteiger partial charge in [0, 0.05) is 24.6 Å². The molecule has 0 aliphatic rings. The van der Waals surface area contributed by atoms with Gasteiger partial charge in [-0.2, -0.15) is 4.98 Å². The maximum atomic E-state index is 9.72. The lowest BCUT2D eigenvalue weighted by Crippen LogP contribution is -2.21. The number of aryl methyl sites for hydroxylation is 1. The molecule has 0 aliphatic carbocycles. The second-order valence-electron chi connectivity index (χ2n) is 4.22. The van der Waals surface area contributed by atoms with Crippen molar-refractivity contribution in [3.05, 3.63) is 41.5 Å². The summed E-state index contributed by atoms with van der Waals surface area (Å²) in [6.07, 6.45) is 0.679. The third-order valence-corrected chi connectivity index (χ3v) is 2.76. The molecule has 0 saturated heterocycles. The van der Waals surface area contributed by atoms with Gasteiger partial charge in [-0.1, -0.05) is 23.4 Å². The number of nitrogens with zero attached hydrogens (tertiary/aromatic N) is 2. The fourth-order valence-electron chi connectivity index (χ4n) is 1.80. The van der Waals surface area contributed by atoms with Crippen molar-refractivity contribution in [2.45, 2.75) is 26.3 Å². The molecular weight excluding hydrogens is 230 g/mol. The van der Waals surface area contributed by atoms with Crippen molar-refractivity contribution in [2.75, 3.05) is 6.54 Å². The molecule has 1 unspecified atom stereocenters. The van der Waals surface area contributed by atoms with E-state index in [4.69, 9.17) is 4.52 Å². The van der Waals surface area contributed by atoms with E-state index in [2.05, 4.69) is 15.5 Å². The summed E-state index contributed by atoms with van der Waals surface area (Å²) < 4.78 is 5.03. The average molecular weight is 247 g/mol. The number of aromatic hydroxyl groups is 1. The van der Waals surface area contributed by atoms with Crippen LogP contribution in [0.15, 0.2) is 28.8 Å². The Labute approximate surface area is 106 Å². The van der Waals surface area contributed by atoms with Gasteiger partial charge >= 0.3 is 0 Å². The molecule has 2 aromatic rings. The van der Waals surface area contributed by atoms with E-state index in [1.54, 1.807) is 13.0 Å². The van der Waals surface area contributed by atoms with Crippen LogP contribution >= 0.6 is 0 Å². The van der Waals surface area contributed by atoms with Crippen LogP contribution in [-0.2, 0) is 6.42 Å². The van der Waals surface area contributed by atoms with Crippen LogP contribution in [0.4, 0.5) is 0 Å². The molecule has 0 aliphatic heterocycles. The molecule has 1 aromatic carbocycles. The molecule has 18 heavy (non-hydrogen) atoms. The first-order valence-electron chi connectivity index (χ1n) is 5.97. The van der Waals surface area contributed by atoms with Gasteiger partial charge in [-0.3, -0.25) is 0 Å². The molecule has 0 spiro atoms. The van der Waals surface area contributed by atoms with Gasteiger partial charge < -0.3 is 14.9 Å². The molecule has 0 amide bonds. The van der Waals surface area contributed by atoms with Crippen molar-refractivity contribution < 1.29 is 9.63 Å². The summed E-state index contributed by atoms with van der Waals surface area (Å²) >= 11 is 0. The van der Waals surface area contributed by atoms with E-state index in [1.165, 1.54) is 0 Å². The Hall–Kier alpha value is -1.88. The van der Waals surface area contributed by atoms with E-state index in [1.807, 2.05) is 25.1 Å². The highest BCUT2D eigenvalue weighted by molar-refractivity contribution is 5.34. The zero-order chi connectivity index (χ0) is 13.0. The molecule has 0 fully saturated rings. The normalized spacial score (nSPS) is 12.6. The summed E-state index contributed by atoms with van der Waals surface area (Å²) in [6.45, 7) is 4.52. The van der Waals surface area contributed by atoms with Crippen LogP contribution in [0.5, 0.6) is 5.75 Å². The number of benzene rings is 1. The van der Waals surface area contributed by atoms with Crippen LogP contribution in [0.2, 0.25) is 0 Å². The minimum absolute atomic E-state index is 0.0789. The number of hydrogen-bond acceptors (Lipinski definition) is 5. The molecule has 0 radical (unpaired) electrons. The number of phenolic OH excluding ortho intramolecular Hbond substituents is 1. The first-order valence-corrected chi connectivity index (χ1v) is 5.97. The van der Waals surface area contributed by atoms with Gasteiger partial charge in [-0.25, -0.2) is 0 Å². The van der Waals surface area contributed by atoms with Crippen LogP contribution in [-0.4, -0.2) is 21.8 Å². The monoisotopic (exact) mass is 247 g/mol. The smallest absolute Gasteiger partial charge is 0.227 e. The Morgan fingerprint density at radius 2 is 2.17 bits per heavy atom. The molecule has 5 nitrogen and oxygen atoms in total. The van der Waals surface area contributed by atoms with Crippen molar-refractivity contribution in [3.8, 4) is 5.75 Å². The molecular formula is C13H17N3O2. The van der Waals surface area contributed by atoms with Crippen LogP contribution in [0.25, 0.3) is 0 Å². The second-order valence-corrected chi connectivity index (χ2v) is 4.22. The number of hydrogen-bond donors (Lipinski definition) is 2. The van der Waals surface area contributed by atoms with Crippen molar-refractivity contribution in [3.63, 3.8) is 0 Å². The van der Waals surface area contributed by atoms with Crippen molar-refractivity contribution in [2.24, 2.45) is 0 Å². The maximum absolute atomic E-state index is 9.72. The SMILES string of the molecule is Cc1noc(CCNC(C)c2ccccc2O)n1. The first-order chi connectivity index (χ1) is 8.66. The Kier molecular flexibility index (Phi) is 3.94. The predicted molar refractivity (Wildman–Crippen MR) is 67.3 cm³/mol. The van der Waals surface area contributed by atoms with E-state index in [-0.39, 0.29) is 6.04 Å².